The van der Waals surface area contributed by atoms with Crippen LogP contribution in [0.3, 0.4) is 0 Å². The van der Waals surface area contributed by atoms with Gasteiger partial charge in [-0.05, 0) is 49.6 Å². The third kappa shape index (κ3) is 6.98. The van der Waals surface area contributed by atoms with E-state index in [4.69, 9.17) is 0 Å². The molecule has 5 N–H and O–H groups in total. The lowest BCUT2D eigenvalue weighted by molar-refractivity contribution is -0.138. The highest BCUT2D eigenvalue weighted by Gasteiger charge is 2.27. The first-order chi connectivity index (χ1) is 18.2. The van der Waals surface area contributed by atoms with Crippen LogP contribution < -0.4 is 25.6 Å². The number of carboxylic acids is 1. The van der Waals surface area contributed by atoms with E-state index in [0.29, 0.717) is 18.8 Å². The van der Waals surface area contributed by atoms with Gasteiger partial charge in [-0.2, -0.15) is 4.72 Å². The Morgan fingerprint density at radius 3 is 2.66 bits per heavy atom. The molecule has 0 bridgehead atoms. The van der Waals surface area contributed by atoms with Gasteiger partial charge in [0.2, 0.25) is 10.0 Å². The number of carboxylic acid groups (broad SMARTS) is 1. The number of nitrogens with zero attached hydrogens (tertiary/aromatic N) is 2. The number of aliphatic imine (C=N–C) groups is 1. The number of halogens is 1. The average molecular weight is 547 g/mol. The largest absolute Gasteiger partial charge is 0.480 e. The van der Waals surface area contributed by atoms with Crippen molar-refractivity contribution in [1.82, 2.24) is 20.7 Å². The number of nitrogens with one attached hydrogen (secondary N) is 4. The number of sulfonamides is 1. The van der Waals surface area contributed by atoms with Crippen LogP contribution in [0.2, 0.25) is 0 Å². The van der Waals surface area contributed by atoms with Gasteiger partial charge in [-0.15, -0.1) is 0 Å². The monoisotopic (exact) mass is 546 g/mol. The Morgan fingerprint density at radius 2 is 1.97 bits per heavy atom. The number of aliphatic carboxylic acids is 1. The molecule has 4 rings (SSSR count). The number of hydrogen-bond donors (Lipinski definition) is 5. The quantitative estimate of drug-likeness (QED) is 0.311. The maximum atomic E-state index is 15.1. The first-order valence-electron chi connectivity index (χ1n) is 12.4. The lowest BCUT2D eigenvalue weighted by Crippen LogP contribution is -2.52. The Labute approximate surface area is 220 Å². The maximum Gasteiger partial charge on any atom is 0.323 e. The van der Waals surface area contributed by atoms with Crippen LogP contribution in [0.5, 0.6) is 0 Å². The van der Waals surface area contributed by atoms with Gasteiger partial charge in [0, 0.05) is 44.3 Å². The molecule has 1 saturated heterocycles. The van der Waals surface area contributed by atoms with Crippen molar-refractivity contribution in [2.45, 2.75) is 36.2 Å². The third-order valence-electron chi connectivity index (χ3n) is 6.33. The molecule has 204 valence electrons. The Hall–Kier alpha value is -3.71. The number of carbonyl (C=O) groups excluding carboxylic acids is 1. The summed E-state index contributed by atoms with van der Waals surface area (Å²) in [7, 11) is -4.12. The van der Waals surface area contributed by atoms with E-state index in [9.17, 15) is 23.1 Å². The summed E-state index contributed by atoms with van der Waals surface area (Å²) in [6, 6.07) is 9.86. The summed E-state index contributed by atoms with van der Waals surface area (Å²) >= 11 is 0. The summed E-state index contributed by atoms with van der Waals surface area (Å²) in [6.45, 7) is 2.36. The first-order valence-corrected chi connectivity index (χ1v) is 13.9. The van der Waals surface area contributed by atoms with Gasteiger partial charge in [0.1, 0.15) is 11.9 Å². The van der Waals surface area contributed by atoms with Gasteiger partial charge < -0.3 is 26.0 Å². The molecule has 1 fully saturated rings. The summed E-state index contributed by atoms with van der Waals surface area (Å²) in [6.07, 6.45) is 2.79. The van der Waals surface area contributed by atoms with E-state index in [0.717, 1.165) is 44.4 Å². The summed E-state index contributed by atoms with van der Waals surface area (Å²) in [5.41, 5.74) is 0.361. The fraction of sp³-hybridized carbons (Fsp3) is 0.400. The van der Waals surface area contributed by atoms with Gasteiger partial charge in [-0.3, -0.25) is 14.6 Å². The maximum absolute atomic E-state index is 15.1. The number of guanidine groups is 1. The molecule has 2 aromatic rings. The van der Waals surface area contributed by atoms with Crippen molar-refractivity contribution in [2.75, 3.05) is 37.6 Å². The molecule has 0 aromatic heterocycles. The fourth-order valence-corrected chi connectivity index (χ4v) is 5.58. The van der Waals surface area contributed by atoms with Gasteiger partial charge in [-0.1, -0.05) is 18.2 Å². The topological polar surface area (TPSA) is 152 Å². The molecule has 2 aliphatic heterocycles. The molecular weight excluding hydrogens is 515 g/mol. The van der Waals surface area contributed by atoms with Crippen LogP contribution in [0.4, 0.5) is 10.1 Å². The van der Waals surface area contributed by atoms with E-state index in [2.05, 4.69) is 25.7 Å². The van der Waals surface area contributed by atoms with Crippen molar-refractivity contribution >= 4 is 33.5 Å². The smallest absolute Gasteiger partial charge is 0.323 e. The lowest BCUT2D eigenvalue weighted by Gasteiger charge is -2.36. The van der Waals surface area contributed by atoms with Gasteiger partial charge >= 0.3 is 5.97 Å². The highest BCUT2D eigenvalue weighted by Crippen LogP contribution is 2.24. The highest BCUT2D eigenvalue weighted by molar-refractivity contribution is 7.89. The van der Waals surface area contributed by atoms with Gasteiger partial charge in [0.15, 0.2) is 5.96 Å². The van der Waals surface area contributed by atoms with Crippen molar-refractivity contribution in [3.05, 3.63) is 59.9 Å². The molecule has 0 radical (unpaired) electrons. The van der Waals surface area contributed by atoms with Crippen LogP contribution in [0, 0.1) is 5.82 Å². The number of benzene rings is 2. The van der Waals surface area contributed by atoms with Crippen LogP contribution >= 0.6 is 0 Å². The standard InChI is InChI=1S/C25H31FN6O5S/c26-20-14-17(9-10-22(20)32-13-4-6-18(16-32)30-25-27-11-5-12-28-25)23(33)29-15-21(24(34)35)31-38(36,37)19-7-2-1-3-8-19/h1-3,7-10,14,18,21,31H,4-6,11-13,15-16H2,(H,29,33)(H,34,35)(H2,27,28,30)/t18-,21+/m1/s1. The van der Waals surface area contributed by atoms with Crippen molar-refractivity contribution in [3.63, 3.8) is 0 Å². The molecule has 2 aliphatic rings. The molecule has 1 amide bonds. The molecular formula is C25H31FN6O5S. The number of anilines is 1. The second-order valence-corrected chi connectivity index (χ2v) is 10.9. The van der Waals surface area contributed by atoms with Crippen LogP contribution in [0.15, 0.2) is 58.4 Å². The second-order valence-electron chi connectivity index (χ2n) is 9.14. The average Bonchev–Trinajstić information content (AvgIpc) is 2.92. The predicted octanol–water partition coefficient (Wildman–Crippen LogP) is 0.895. The summed E-state index contributed by atoms with van der Waals surface area (Å²) < 4.78 is 42.1. The predicted molar refractivity (Wildman–Crippen MR) is 140 cm³/mol. The van der Waals surface area contributed by atoms with Crippen LogP contribution in [-0.2, 0) is 14.8 Å². The fourth-order valence-electron chi connectivity index (χ4n) is 4.37. The van der Waals surface area contributed by atoms with E-state index in [-0.39, 0.29) is 16.5 Å². The van der Waals surface area contributed by atoms with E-state index >= 15 is 4.39 Å². The van der Waals surface area contributed by atoms with Gasteiger partial charge in [0.05, 0.1) is 10.6 Å². The highest BCUT2D eigenvalue weighted by atomic mass is 32.2. The Bertz CT molecular complexity index is 1290. The zero-order chi connectivity index (χ0) is 27.1. The first kappa shape index (κ1) is 27.3. The van der Waals surface area contributed by atoms with Crippen molar-refractivity contribution in [1.29, 1.82) is 0 Å². The van der Waals surface area contributed by atoms with E-state index in [1.165, 1.54) is 36.4 Å². The normalized spacial score (nSPS) is 18.6. The Balaban J connectivity index is 1.36. The van der Waals surface area contributed by atoms with E-state index < -0.39 is 40.3 Å². The molecule has 0 aliphatic carbocycles. The van der Waals surface area contributed by atoms with Crippen LogP contribution in [-0.4, -0.2) is 76.2 Å². The van der Waals surface area contributed by atoms with E-state index in [1.54, 1.807) is 6.07 Å². The summed E-state index contributed by atoms with van der Waals surface area (Å²) in [5.74, 6) is -2.00. The van der Waals surface area contributed by atoms with Gasteiger partial charge in [-0.25, -0.2) is 12.8 Å². The molecule has 0 spiro atoms. The molecule has 2 heterocycles. The molecule has 2 aromatic carbocycles. The minimum absolute atomic E-state index is 0.00579. The Morgan fingerprint density at radius 1 is 1.18 bits per heavy atom. The molecule has 0 unspecified atom stereocenters. The molecule has 2 atom stereocenters. The van der Waals surface area contributed by atoms with Crippen molar-refractivity contribution in [3.8, 4) is 0 Å². The minimum Gasteiger partial charge on any atom is -0.480 e. The number of amides is 1. The Kier molecular flexibility index (Phi) is 8.79. The number of carbonyl (C=O) groups is 2. The van der Waals surface area contributed by atoms with Crippen molar-refractivity contribution < 1.29 is 27.5 Å². The number of piperidine rings is 1. The third-order valence-corrected chi connectivity index (χ3v) is 7.81. The zero-order valence-electron chi connectivity index (χ0n) is 20.7. The van der Waals surface area contributed by atoms with E-state index in [1.807, 2.05) is 4.90 Å². The molecule has 13 heteroatoms. The van der Waals surface area contributed by atoms with Crippen LogP contribution in [0.25, 0.3) is 0 Å². The molecule has 0 saturated carbocycles. The lowest BCUT2D eigenvalue weighted by atomic mass is 10.0. The molecule has 38 heavy (non-hydrogen) atoms. The summed E-state index contributed by atoms with van der Waals surface area (Å²) in [4.78, 5) is 30.5. The summed E-state index contributed by atoms with van der Waals surface area (Å²) in [5, 5.41) is 18.4. The minimum atomic E-state index is -4.12. The number of hydrogen-bond acceptors (Lipinski definition) is 8. The molecule has 11 nitrogen and oxygen atoms in total. The van der Waals surface area contributed by atoms with Crippen LogP contribution in [0.1, 0.15) is 29.6 Å². The number of rotatable bonds is 9. The zero-order valence-corrected chi connectivity index (χ0v) is 21.5. The SMILES string of the molecule is O=C(NC[C@H](NS(=O)(=O)c1ccccc1)C(=O)O)c1ccc(N2CCC[C@@H](NC3=NCCCN3)C2)c(F)c1. The second kappa shape index (κ2) is 12.2. The van der Waals surface area contributed by atoms with Crippen molar-refractivity contribution in [2.24, 2.45) is 4.99 Å². The van der Waals surface area contributed by atoms with Gasteiger partial charge in [0.25, 0.3) is 5.91 Å².